The van der Waals surface area contributed by atoms with Crippen molar-refractivity contribution in [1.82, 2.24) is 14.5 Å². The molecule has 0 radical (unpaired) electrons. The van der Waals surface area contributed by atoms with E-state index >= 15 is 0 Å². The van der Waals surface area contributed by atoms with Gasteiger partial charge in [-0.15, -0.1) is 0 Å². The maximum absolute atomic E-state index is 5.12. The summed E-state index contributed by atoms with van der Waals surface area (Å²) in [6.07, 6.45) is 0. The zero-order valence-electron chi connectivity index (χ0n) is 25.4. The van der Waals surface area contributed by atoms with Crippen LogP contribution in [0.3, 0.4) is 0 Å². The number of rotatable bonds is 4. The lowest BCUT2D eigenvalue weighted by atomic mass is 9.91. The van der Waals surface area contributed by atoms with Gasteiger partial charge in [0.05, 0.1) is 22.4 Å². The first-order valence-electron chi connectivity index (χ1n) is 16.0. The quantitative estimate of drug-likeness (QED) is 0.189. The van der Waals surface area contributed by atoms with E-state index < -0.39 is 0 Å². The predicted molar refractivity (Wildman–Crippen MR) is 196 cm³/mol. The van der Waals surface area contributed by atoms with Crippen molar-refractivity contribution in [3.05, 3.63) is 164 Å². The van der Waals surface area contributed by atoms with E-state index in [4.69, 9.17) is 9.97 Å². The third-order valence-corrected chi connectivity index (χ3v) is 9.53. The van der Waals surface area contributed by atoms with Crippen LogP contribution in [0.2, 0.25) is 0 Å². The molecule has 47 heavy (non-hydrogen) atoms. The average Bonchev–Trinajstić information content (AvgIpc) is 3.50. The van der Waals surface area contributed by atoms with E-state index in [2.05, 4.69) is 156 Å². The molecule has 0 spiro atoms. The molecule has 0 saturated heterocycles. The van der Waals surface area contributed by atoms with Crippen molar-refractivity contribution in [2.45, 2.75) is 0 Å². The molecule has 2 aromatic heterocycles. The van der Waals surface area contributed by atoms with Crippen molar-refractivity contribution in [2.75, 3.05) is 0 Å². The summed E-state index contributed by atoms with van der Waals surface area (Å²) in [5, 5.41) is 10.4. The van der Waals surface area contributed by atoms with Crippen molar-refractivity contribution in [1.29, 1.82) is 0 Å². The van der Waals surface area contributed by atoms with E-state index in [1.165, 1.54) is 54.1 Å². The summed E-state index contributed by atoms with van der Waals surface area (Å²) >= 11 is 0. The van der Waals surface area contributed by atoms with E-state index in [1.807, 2.05) is 12.1 Å². The Morgan fingerprint density at radius 3 is 1.64 bits per heavy atom. The van der Waals surface area contributed by atoms with Crippen LogP contribution in [0.5, 0.6) is 0 Å². The van der Waals surface area contributed by atoms with Crippen LogP contribution in [0.25, 0.3) is 93.7 Å². The van der Waals surface area contributed by atoms with Gasteiger partial charge in [0.2, 0.25) is 0 Å². The molecule has 3 nitrogen and oxygen atoms in total. The van der Waals surface area contributed by atoms with Crippen LogP contribution < -0.4 is 0 Å². The maximum Gasteiger partial charge on any atom is 0.160 e. The highest BCUT2D eigenvalue weighted by atomic mass is 15.0. The van der Waals surface area contributed by atoms with Gasteiger partial charge in [0.15, 0.2) is 5.82 Å². The third kappa shape index (κ3) is 3.93. The molecule has 10 rings (SSSR count). The Kier molecular flexibility index (Phi) is 5.57. The molecule has 0 saturated carbocycles. The number of nitrogens with zero attached hydrogens (tertiary/aromatic N) is 3. The minimum absolute atomic E-state index is 0.706. The smallest absolute Gasteiger partial charge is 0.160 e. The summed E-state index contributed by atoms with van der Waals surface area (Å²) in [5.41, 5.74) is 8.40. The maximum atomic E-state index is 5.12. The fourth-order valence-corrected chi connectivity index (χ4v) is 7.48. The second kappa shape index (κ2) is 10.1. The molecule has 0 aliphatic carbocycles. The van der Waals surface area contributed by atoms with Crippen LogP contribution in [-0.2, 0) is 0 Å². The van der Waals surface area contributed by atoms with E-state index in [1.54, 1.807) is 0 Å². The molecule has 0 amide bonds. The summed E-state index contributed by atoms with van der Waals surface area (Å²) in [6.45, 7) is 0. The van der Waals surface area contributed by atoms with Crippen molar-refractivity contribution in [3.63, 3.8) is 0 Å². The summed E-state index contributed by atoms with van der Waals surface area (Å²) in [5.74, 6) is 0.706. The molecule has 218 valence electrons. The topological polar surface area (TPSA) is 30.7 Å². The number of aromatic nitrogens is 3. The molecule has 8 aromatic carbocycles. The zero-order valence-corrected chi connectivity index (χ0v) is 25.4. The molecule has 2 heterocycles. The molecule has 0 atom stereocenters. The first-order valence-corrected chi connectivity index (χ1v) is 16.0. The van der Waals surface area contributed by atoms with Crippen LogP contribution in [0.15, 0.2) is 164 Å². The first kappa shape index (κ1) is 26.0. The van der Waals surface area contributed by atoms with E-state index in [-0.39, 0.29) is 0 Å². The van der Waals surface area contributed by atoms with Gasteiger partial charge in [-0.05, 0) is 62.6 Å². The molecular weight excluding hydrogens is 571 g/mol. The molecular formula is C44H27N3. The van der Waals surface area contributed by atoms with Gasteiger partial charge in [-0.25, -0.2) is 9.97 Å². The van der Waals surface area contributed by atoms with Gasteiger partial charge in [-0.2, -0.15) is 0 Å². The Hall–Kier alpha value is -6.32. The van der Waals surface area contributed by atoms with E-state index in [0.717, 1.165) is 33.8 Å². The van der Waals surface area contributed by atoms with Crippen LogP contribution in [0, 0.1) is 0 Å². The number of benzene rings is 8. The van der Waals surface area contributed by atoms with Gasteiger partial charge >= 0.3 is 0 Å². The third-order valence-electron chi connectivity index (χ3n) is 9.53. The predicted octanol–water partition coefficient (Wildman–Crippen LogP) is 11.5. The minimum atomic E-state index is 0.706. The van der Waals surface area contributed by atoms with Crippen molar-refractivity contribution in [3.8, 4) is 39.6 Å². The lowest BCUT2D eigenvalue weighted by molar-refractivity contribution is 1.16. The highest BCUT2D eigenvalue weighted by Crippen LogP contribution is 2.45. The van der Waals surface area contributed by atoms with Crippen molar-refractivity contribution < 1.29 is 0 Å². The highest BCUT2D eigenvalue weighted by molar-refractivity contribution is 6.37. The molecule has 0 bridgehead atoms. The molecule has 0 N–H and O–H groups in total. The van der Waals surface area contributed by atoms with E-state index in [0.29, 0.717) is 5.82 Å². The Balaban J connectivity index is 1.23. The van der Waals surface area contributed by atoms with Crippen molar-refractivity contribution in [2.24, 2.45) is 0 Å². The largest absolute Gasteiger partial charge is 0.309 e. The van der Waals surface area contributed by atoms with Crippen LogP contribution >= 0.6 is 0 Å². The van der Waals surface area contributed by atoms with Gasteiger partial charge in [0.25, 0.3) is 0 Å². The normalized spacial score (nSPS) is 11.8. The summed E-state index contributed by atoms with van der Waals surface area (Å²) in [6, 6.07) is 58.2. The summed E-state index contributed by atoms with van der Waals surface area (Å²) in [7, 11) is 0. The average molecular weight is 598 g/mol. The molecule has 0 unspecified atom stereocenters. The Morgan fingerprint density at radius 2 is 0.915 bits per heavy atom. The van der Waals surface area contributed by atoms with Crippen LogP contribution in [0.4, 0.5) is 0 Å². The second-order valence-electron chi connectivity index (χ2n) is 12.2. The SMILES string of the molecule is c1ccc(-c2cc(-c3ccccc3)nc(-c3cccc(-n4c5cccc6c7ccc8ccccc8c7c7cccc4c7c65)c3)n2)cc1. The van der Waals surface area contributed by atoms with Gasteiger partial charge in [0, 0.05) is 33.2 Å². The Labute approximate surface area is 271 Å². The summed E-state index contributed by atoms with van der Waals surface area (Å²) in [4.78, 5) is 10.2. The van der Waals surface area contributed by atoms with Crippen LogP contribution in [0.1, 0.15) is 0 Å². The zero-order chi connectivity index (χ0) is 30.9. The number of fused-ring (bicyclic) bond motifs is 5. The molecule has 0 aliphatic heterocycles. The standard InChI is InChI=1S/C44H27N3/c1-3-13-29(14-4-1)37-27-38(30-15-5-2-6-16-30)46-44(45-37)31-17-9-18-32(26-31)47-39-22-10-20-34-35-25-24-28-12-7-8-19-33(28)41(35)36-21-11-23-40(47)43(36)42(34)39/h1-27H. The van der Waals surface area contributed by atoms with Gasteiger partial charge in [-0.1, -0.05) is 133 Å². The molecule has 10 aromatic rings. The minimum Gasteiger partial charge on any atom is -0.309 e. The van der Waals surface area contributed by atoms with Crippen LogP contribution in [-0.4, -0.2) is 14.5 Å². The number of hydrogen-bond acceptors (Lipinski definition) is 2. The molecule has 0 fully saturated rings. The monoisotopic (exact) mass is 597 g/mol. The first-order chi connectivity index (χ1) is 23.3. The lowest BCUT2D eigenvalue weighted by Gasteiger charge is -2.12. The fraction of sp³-hybridized carbons (Fsp3) is 0. The summed E-state index contributed by atoms with van der Waals surface area (Å²) < 4.78 is 2.41. The van der Waals surface area contributed by atoms with Gasteiger partial charge in [0.1, 0.15) is 0 Å². The van der Waals surface area contributed by atoms with E-state index in [9.17, 15) is 0 Å². The van der Waals surface area contributed by atoms with Gasteiger partial charge in [-0.3, -0.25) is 0 Å². The highest BCUT2D eigenvalue weighted by Gasteiger charge is 2.21. The molecule has 3 heteroatoms. The molecule has 0 aliphatic rings. The Morgan fingerprint density at radius 1 is 0.362 bits per heavy atom. The lowest BCUT2D eigenvalue weighted by Crippen LogP contribution is -1.98. The fourth-order valence-electron chi connectivity index (χ4n) is 7.48. The van der Waals surface area contributed by atoms with Gasteiger partial charge < -0.3 is 4.57 Å². The Bertz CT molecular complexity index is 2720. The number of hydrogen-bond donors (Lipinski definition) is 0. The van der Waals surface area contributed by atoms with Crippen molar-refractivity contribution >= 4 is 54.1 Å². The second-order valence-corrected chi connectivity index (χ2v) is 12.2.